The fourth-order valence-corrected chi connectivity index (χ4v) is 7.08. The summed E-state index contributed by atoms with van der Waals surface area (Å²) in [6.45, 7) is 5.93. The molecule has 0 unspecified atom stereocenters. The molecular weight excluding hydrogens is 521 g/mol. The van der Waals surface area contributed by atoms with E-state index in [-0.39, 0.29) is 16.7 Å². The molecule has 3 aliphatic rings. The van der Waals surface area contributed by atoms with E-state index in [0.29, 0.717) is 23.8 Å². The number of hydrogen-bond acceptors (Lipinski definition) is 6. The van der Waals surface area contributed by atoms with Crippen LogP contribution in [0, 0.1) is 0 Å². The molecule has 0 radical (unpaired) electrons. The van der Waals surface area contributed by atoms with Gasteiger partial charge in [0.2, 0.25) is 5.28 Å². The van der Waals surface area contributed by atoms with E-state index in [1.807, 2.05) is 4.68 Å². The molecule has 10 heteroatoms. The number of aromatic nitrogens is 4. The van der Waals surface area contributed by atoms with Crippen molar-refractivity contribution in [1.29, 1.82) is 0 Å². The molecule has 200 valence electrons. The Morgan fingerprint density at radius 1 is 1.11 bits per heavy atom. The molecule has 6 rings (SSSR count). The van der Waals surface area contributed by atoms with Gasteiger partial charge in [0, 0.05) is 45.7 Å². The second-order valence-electron chi connectivity index (χ2n) is 10.8. The molecule has 2 aliphatic heterocycles. The van der Waals surface area contributed by atoms with Crippen LogP contribution in [0.4, 0.5) is 5.82 Å². The molecule has 1 spiro atoms. The van der Waals surface area contributed by atoms with Gasteiger partial charge in [0.1, 0.15) is 5.82 Å². The van der Waals surface area contributed by atoms with Crippen LogP contribution in [-0.4, -0.2) is 62.6 Å². The van der Waals surface area contributed by atoms with Crippen LogP contribution >= 0.6 is 23.2 Å². The minimum Gasteiger partial charge on any atom is -0.350 e. The third kappa shape index (κ3) is 4.08. The van der Waals surface area contributed by atoms with Crippen molar-refractivity contribution in [3.63, 3.8) is 0 Å². The molecule has 0 saturated carbocycles. The maximum atomic E-state index is 12.7. The molecule has 4 heterocycles. The molecule has 2 aromatic heterocycles. The van der Waals surface area contributed by atoms with E-state index in [9.17, 15) is 4.79 Å². The van der Waals surface area contributed by atoms with Crippen molar-refractivity contribution in [3.8, 4) is 0 Å². The minimum absolute atomic E-state index is 0.0757. The first-order valence-corrected chi connectivity index (χ1v) is 14.2. The van der Waals surface area contributed by atoms with Crippen molar-refractivity contribution in [2.45, 2.75) is 64.2 Å². The zero-order valence-corrected chi connectivity index (χ0v) is 23.7. The number of halogens is 2. The summed E-state index contributed by atoms with van der Waals surface area (Å²) in [5.74, 6) is 0.671. The highest BCUT2D eigenvalue weighted by Gasteiger charge is 2.46. The van der Waals surface area contributed by atoms with Crippen molar-refractivity contribution in [2.75, 3.05) is 32.1 Å². The van der Waals surface area contributed by atoms with Gasteiger partial charge in [0.25, 0.3) is 5.91 Å². The number of likely N-dealkylation sites (N-methyl/N-ethyl adjacent to an activating group) is 1. The number of nitrogens with zero attached hydrogens (tertiary/aromatic N) is 7. The Bertz CT molecular complexity index is 1400. The van der Waals surface area contributed by atoms with Crippen LogP contribution in [0.25, 0.3) is 0 Å². The number of carbonyl (C=O) groups is 1. The SMILES string of the molecule is CCN1Cc2c(nc(Cl)nc2N2CCCn3nc(C(=O)N(C)C)c(Cl)c3C2)C[C@]12CCCc1ccccc12. The third-order valence-electron chi connectivity index (χ3n) is 8.44. The molecule has 0 saturated heterocycles. The van der Waals surface area contributed by atoms with Crippen molar-refractivity contribution in [1.82, 2.24) is 29.5 Å². The Morgan fingerprint density at radius 2 is 1.92 bits per heavy atom. The number of aryl methyl sites for hydroxylation is 2. The molecule has 1 aromatic carbocycles. The van der Waals surface area contributed by atoms with Crippen LogP contribution in [0.5, 0.6) is 0 Å². The highest BCUT2D eigenvalue weighted by atomic mass is 35.5. The van der Waals surface area contributed by atoms with E-state index in [1.54, 1.807) is 14.1 Å². The van der Waals surface area contributed by atoms with Gasteiger partial charge in [0.05, 0.1) is 28.5 Å². The highest BCUT2D eigenvalue weighted by molar-refractivity contribution is 6.34. The van der Waals surface area contributed by atoms with Gasteiger partial charge in [-0.25, -0.2) is 9.97 Å². The molecule has 8 nitrogen and oxygen atoms in total. The quantitative estimate of drug-likeness (QED) is 0.438. The lowest BCUT2D eigenvalue weighted by atomic mass is 9.70. The van der Waals surface area contributed by atoms with Crippen LogP contribution in [0.1, 0.15) is 64.8 Å². The Kier molecular flexibility index (Phi) is 6.61. The number of fused-ring (bicyclic) bond motifs is 4. The molecule has 38 heavy (non-hydrogen) atoms. The van der Waals surface area contributed by atoms with Gasteiger partial charge in [-0.1, -0.05) is 42.8 Å². The summed E-state index contributed by atoms with van der Waals surface area (Å²) in [7, 11) is 3.42. The van der Waals surface area contributed by atoms with Crippen molar-refractivity contribution in [2.24, 2.45) is 0 Å². The van der Waals surface area contributed by atoms with Gasteiger partial charge in [-0.05, 0) is 55.0 Å². The summed E-state index contributed by atoms with van der Waals surface area (Å²) >= 11 is 13.3. The number of anilines is 1. The molecule has 0 N–H and O–H groups in total. The molecule has 0 bridgehead atoms. The second-order valence-corrected chi connectivity index (χ2v) is 11.5. The fraction of sp³-hybridized carbons (Fsp3) is 0.500. The first-order chi connectivity index (χ1) is 18.3. The van der Waals surface area contributed by atoms with Crippen molar-refractivity contribution >= 4 is 34.9 Å². The van der Waals surface area contributed by atoms with Crippen molar-refractivity contribution in [3.05, 3.63) is 68.3 Å². The van der Waals surface area contributed by atoms with Gasteiger partial charge >= 0.3 is 0 Å². The molecular formula is C28H33Cl2N7O. The Labute approximate surface area is 233 Å². The number of rotatable bonds is 3. The van der Waals surface area contributed by atoms with Crippen molar-refractivity contribution < 1.29 is 4.79 Å². The zero-order chi connectivity index (χ0) is 26.6. The Morgan fingerprint density at radius 3 is 2.71 bits per heavy atom. The summed E-state index contributed by atoms with van der Waals surface area (Å²) in [5.41, 5.74) is 6.10. The van der Waals surface area contributed by atoms with E-state index in [4.69, 9.17) is 33.2 Å². The van der Waals surface area contributed by atoms with Gasteiger partial charge in [-0.2, -0.15) is 5.10 Å². The van der Waals surface area contributed by atoms with Gasteiger partial charge in [-0.3, -0.25) is 14.4 Å². The van der Waals surface area contributed by atoms with E-state index in [1.165, 1.54) is 16.0 Å². The smallest absolute Gasteiger partial charge is 0.275 e. The van der Waals surface area contributed by atoms with E-state index >= 15 is 0 Å². The number of carbonyl (C=O) groups excluding carboxylic acids is 1. The predicted molar refractivity (Wildman–Crippen MR) is 149 cm³/mol. The summed E-state index contributed by atoms with van der Waals surface area (Å²) in [5, 5.41) is 5.26. The predicted octanol–water partition coefficient (Wildman–Crippen LogP) is 4.70. The van der Waals surface area contributed by atoms with Gasteiger partial charge in [-0.15, -0.1) is 0 Å². The zero-order valence-electron chi connectivity index (χ0n) is 22.2. The number of hydrogen-bond donors (Lipinski definition) is 0. The molecule has 1 atom stereocenters. The highest BCUT2D eigenvalue weighted by Crippen LogP contribution is 2.47. The third-order valence-corrected chi connectivity index (χ3v) is 9.00. The Balaban J connectivity index is 1.41. The minimum atomic E-state index is -0.193. The maximum Gasteiger partial charge on any atom is 0.275 e. The van der Waals surface area contributed by atoms with Gasteiger partial charge in [0.15, 0.2) is 5.69 Å². The maximum absolute atomic E-state index is 12.7. The monoisotopic (exact) mass is 553 g/mol. The summed E-state index contributed by atoms with van der Waals surface area (Å²) in [4.78, 5) is 28.6. The number of benzene rings is 1. The topological polar surface area (TPSA) is 70.4 Å². The lowest BCUT2D eigenvalue weighted by Crippen LogP contribution is -2.52. The fourth-order valence-electron chi connectivity index (χ4n) is 6.62. The normalized spacial score (nSPS) is 21.0. The van der Waals surface area contributed by atoms with E-state index in [2.05, 4.69) is 46.1 Å². The first-order valence-electron chi connectivity index (χ1n) is 13.4. The summed E-state index contributed by atoms with van der Waals surface area (Å²) in [6.07, 6.45) is 5.06. The standard InChI is InChI=1S/C28H33Cl2N7O/c1-4-36-16-19-21(15-28(36)12-7-10-18-9-5-6-11-20(18)28)31-27(30)32-25(19)35-13-8-14-37-22(17-35)23(29)24(33-37)26(38)34(2)3/h5-6,9,11H,4,7-8,10,12-17H2,1-3H3/t28-/m0/s1. The molecule has 3 aromatic rings. The average molecular weight is 555 g/mol. The lowest BCUT2D eigenvalue weighted by molar-refractivity contribution is 0.0501. The van der Waals surface area contributed by atoms with E-state index < -0.39 is 0 Å². The van der Waals surface area contributed by atoms with Crippen LogP contribution < -0.4 is 4.90 Å². The van der Waals surface area contributed by atoms with Crippen LogP contribution in [-0.2, 0) is 38.0 Å². The molecule has 0 fully saturated rings. The molecule has 1 amide bonds. The average Bonchev–Trinajstić information content (AvgIpc) is 3.07. The number of amides is 1. The summed E-state index contributed by atoms with van der Waals surface area (Å²) < 4.78 is 1.88. The summed E-state index contributed by atoms with van der Waals surface area (Å²) in [6, 6.07) is 8.88. The second kappa shape index (κ2) is 9.81. The largest absolute Gasteiger partial charge is 0.350 e. The first kappa shape index (κ1) is 25.6. The molecule has 1 aliphatic carbocycles. The Hall–Kier alpha value is -2.68. The van der Waals surface area contributed by atoms with Gasteiger partial charge < -0.3 is 9.80 Å². The van der Waals surface area contributed by atoms with Crippen LogP contribution in [0.3, 0.4) is 0 Å². The van der Waals surface area contributed by atoms with Crippen LogP contribution in [0.2, 0.25) is 10.3 Å². The van der Waals surface area contributed by atoms with Crippen LogP contribution in [0.15, 0.2) is 24.3 Å². The lowest BCUT2D eigenvalue weighted by Gasteiger charge is -2.50. The van der Waals surface area contributed by atoms with E-state index in [0.717, 1.165) is 74.5 Å².